The molecule has 28 heavy (non-hydrogen) atoms. The molecule has 0 fully saturated rings. The topological polar surface area (TPSA) is 69.2 Å². The predicted octanol–water partition coefficient (Wildman–Crippen LogP) is 4.44. The van der Waals surface area contributed by atoms with Crippen LogP contribution in [0.25, 0.3) is 10.9 Å². The monoisotopic (exact) mass is 371 g/mol. The second-order valence-electron chi connectivity index (χ2n) is 6.95. The summed E-state index contributed by atoms with van der Waals surface area (Å²) in [5.74, 6) is -0.334. The van der Waals surface area contributed by atoms with Gasteiger partial charge in [-0.05, 0) is 30.7 Å². The molecule has 1 heterocycles. The molecule has 140 valence electrons. The summed E-state index contributed by atoms with van der Waals surface area (Å²) in [5, 5.41) is 18.6. The van der Waals surface area contributed by atoms with E-state index in [4.69, 9.17) is 0 Å². The van der Waals surface area contributed by atoms with E-state index in [1.54, 1.807) is 19.2 Å². The summed E-state index contributed by atoms with van der Waals surface area (Å²) in [7, 11) is 1.70. The lowest BCUT2D eigenvalue weighted by Gasteiger charge is -2.18. The van der Waals surface area contributed by atoms with Gasteiger partial charge in [-0.1, -0.05) is 48.0 Å². The maximum atomic E-state index is 13.0. The number of aromatic nitrogens is 2. The van der Waals surface area contributed by atoms with Crippen LogP contribution < -0.4 is 4.90 Å². The highest BCUT2D eigenvalue weighted by atomic mass is 16.3. The smallest absolute Gasteiger partial charge is 0.261 e. The van der Waals surface area contributed by atoms with Gasteiger partial charge in [0.25, 0.3) is 5.91 Å². The fraction of sp³-hybridized carbons (Fsp3) is 0.130. The van der Waals surface area contributed by atoms with Gasteiger partial charge >= 0.3 is 0 Å². The average Bonchev–Trinajstić information content (AvgIpc) is 3.10. The largest absolute Gasteiger partial charge is 0.507 e. The first kappa shape index (κ1) is 17.8. The van der Waals surface area contributed by atoms with Crippen LogP contribution >= 0.6 is 0 Å². The maximum absolute atomic E-state index is 13.0. The van der Waals surface area contributed by atoms with E-state index >= 15 is 0 Å². The van der Waals surface area contributed by atoms with E-state index in [1.807, 2.05) is 30.3 Å². The standard InChI is InChI=1S/C23H21N3O2/c1-15-8-10-16(11-9-15)12-20-18-13-19(22(27)14-21(18)25-24-20)23(28)26(2)17-6-4-3-5-7-17/h3-11,13-14,27H,12H2,1-2H3,(H,24,25). The summed E-state index contributed by atoms with van der Waals surface area (Å²) in [5.41, 5.74) is 4.91. The summed E-state index contributed by atoms with van der Waals surface area (Å²) >= 11 is 0. The number of para-hydroxylation sites is 1. The Bertz CT molecular complexity index is 1130. The molecule has 0 radical (unpaired) electrons. The Morgan fingerprint density at radius 2 is 1.79 bits per heavy atom. The van der Waals surface area contributed by atoms with Crippen LogP contribution in [0.1, 0.15) is 27.2 Å². The lowest BCUT2D eigenvalue weighted by Crippen LogP contribution is -2.26. The molecule has 0 saturated heterocycles. The first-order chi connectivity index (χ1) is 13.5. The molecule has 1 aromatic heterocycles. The van der Waals surface area contributed by atoms with Crippen molar-refractivity contribution in [3.63, 3.8) is 0 Å². The average molecular weight is 371 g/mol. The van der Waals surface area contributed by atoms with Crippen LogP contribution in [-0.4, -0.2) is 28.3 Å². The zero-order chi connectivity index (χ0) is 19.7. The van der Waals surface area contributed by atoms with Crippen LogP contribution in [0, 0.1) is 6.92 Å². The van der Waals surface area contributed by atoms with E-state index in [0.29, 0.717) is 11.9 Å². The van der Waals surface area contributed by atoms with E-state index in [2.05, 4.69) is 41.4 Å². The first-order valence-electron chi connectivity index (χ1n) is 9.11. The number of hydrogen-bond acceptors (Lipinski definition) is 3. The van der Waals surface area contributed by atoms with Gasteiger partial charge in [-0.15, -0.1) is 0 Å². The Morgan fingerprint density at radius 1 is 1.07 bits per heavy atom. The third kappa shape index (κ3) is 3.34. The van der Waals surface area contributed by atoms with Gasteiger partial charge in [0.15, 0.2) is 0 Å². The van der Waals surface area contributed by atoms with Gasteiger partial charge in [0.2, 0.25) is 0 Å². The zero-order valence-electron chi connectivity index (χ0n) is 15.8. The highest BCUT2D eigenvalue weighted by molar-refractivity contribution is 6.09. The van der Waals surface area contributed by atoms with Gasteiger partial charge in [-0.3, -0.25) is 9.89 Å². The predicted molar refractivity (Wildman–Crippen MR) is 111 cm³/mol. The molecule has 4 aromatic rings. The number of phenolic OH excluding ortho intramolecular Hbond substituents is 1. The minimum Gasteiger partial charge on any atom is -0.507 e. The summed E-state index contributed by atoms with van der Waals surface area (Å²) in [6.07, 6.45) is 0.646. The minimum absolute atomic E-state index is 0.0641. The van der Waals surface area contributed by atoms with Crippen molar-refractivity contribution >= 4 is 22.5 Å². The molecule has 0 aliphatic rings. The Morgan fingerprint density at radius 3 is 2.50 bits per heavy atom. The number of phenols is 1. The number of nitrogens with one attached hydrogen (secondary N) is 1. The van der Waals surface area contributed by atoms with Gasteiger partial charge in [-0.25, -0.2) is 0 Å². The second-order valence-corrected chi connectivity index (χ2v) is 6.95. The van der Waals surface area contributed by atoms with Crippen LogP contribution in [0.2, 0.25) is 0 Å². The summed E-state index contributed by atoms with van der Waals surface area (Å²) in [4.78, 5) is 14.5. The van der Waals surface area contributed by atoms with Crippen molar-refractivity contribution in [2.24, 2.45) is 0 Å². The number of fused-ring (bicyclic) bond motifs is 1. The Hall–Kier alpha value is -3.60. The molecule has 0 saturated carbocycles. The first-order valence-corrected chi connectivity index (χ1v) is 9.11. The molecular formula is C23H21N3O2. The lowest BCUT2D eigenvalue weighted by atomic mass is 10.0. The molecule has 3 aromatic carbocycles. The third-order valence-corrected chi connectivity index (χ3v) is 4.93. The van der Waals surface area contributed by atoms with E-state index in [0.717, 1.165) is 22.3 Å². The summed E-state index contributed by atoms with van der Waals surface area (Å²) in [6.45, 7) is 2.05. The quantitative estimate of drug-likeness (QED) is 0.557. The highest BCUT2D eigenvalue weighted by Crippen LogP contribution is 2.29. The highest BCUT2D eigenvalue weighted by Gasteiger charge is 2.20. The maximum Gasteiger partial charge on any atom is 0.261 e. The number of aromatic hydroxyl groups is 1. The molecule has 0 aliphatic carbocycles. The number of carbonyl (C=O) groups excluding carboxylic acids is 1. The van der Waals surface area contributed by atoms with Crippen LogP contribution in [-0.2, 0) is 6.42 Å². The molecule has 0 unspecified atom stereocenters. The van der Waals surface area contributed by atoms with Gasteiger partial charge in [-0.2, -0.15) is 5.10 Å². The number of benzene rings is 3. The number of anilines is 1. The molecule has 1 amide bonds. The zero-order valence-corrected chi connectivity index (χ0v) is 15.8. The lowest BCUT2D eigenvalue weighted by molar-refractivity contribution is 0.0990. The van der Waals surface area contributed by atoms with E-state index in [9.17, 15) is 9.90 Å². The summed E-state index contributed by atoms with van der Waals surface area (Å²) < 4.78 is 0. The van der Waals surface area contributed by atoms with Gasteiger partial charge < -0.3 is 10.0 Å². The van der Waals surface area contributed by atoms with Crippen LogP contribution in [0.4, 0.5) is 5.69 Å². The van der Waals surface area contributed by atoms with Gasteiger partial charge in [0.1, 0.15) is 5.75 Å². The molecule has 4 rings (SSSR count). The Balaban J connectivity index is 1.70. The van der Waals surface area contributed by atoms with E-state index < -0.39 is 0 Å². The van der Waals surface area contributed by atoms with E-state index in [1.165, 1.54) is 10.5 Å². The molecule has 0 atom stereocenters. The fourth-order valence-electron chi connectivity index (χ4n) is 3.26. The SMILES string of the molecule is Cc1ccc(Cc2n[nH]c3cc(O)c(C(=O)N(C)c4ccccc4)cc23)cc1. The van der Waals surface area contributed by atoms with Crippen molar-refractivity contribution in [2.75, 3.05) is 11.9 Å². The molecular weight excluding hydrogens is 350 g/mol. The van der Waals surface area contributed by atoms with Gasteiger partial charge in [0, 0.05) is 30.6 Å². The molecule has 5 nitrogen and oxygen atoms in total. The number of aromatic amines is 1. The normalized spacial score (nSPS) is 10.9. The van der Waals surface area contributed by atoms with Crippen LogP contribution in [0.3, 0.4) is 0 Å². The Labute approximate surface area is 163 Å². The number of carbonyl (C=O) groups is 1. The van der Waals surface area contributed by atoms with Gasteiger partial charge in [0.05, 0.1) is 16.8 Å². The van der Waals surface area contributed by atoms with E-state index in [-0.39, 0.29) is 17.2 Å². The number of H-pyrrole nitrogens is 1. The van der Waals surface area contributed by atoms with Crippen molar-refractivity contribution < 1.29 is 9.90 Å². The Kier molecular flexibility index (Phi) is 4.57. The van der Waals surface area contributed by atoms with Crippen LogP contribution in [0.5, 0.6) is 5.75 Å². The summed E-state index contributed by atoms with van der Waals surface area (Å²) in [6, 6.07) is 20.9. The van der Waals surface area contributed by atoms with Crippen molar-refractivity contribution in [1.29, 1.82) is 0 Å². The molecule has 0 aliphatic heterocycles. The molecule has 0 spiro atoms. The number of nitrogens with zero attached hydrogens (tertiary/aromatic N) is 2. The van der Waals surface area contributed by atoms with Crippen molar-refractivity contribution in [1.82, 2.24) is 10.2 Å². The number of rotatable bonds is 4. The van der Waals surface area contributed by atoms with Crippen molar-refractivity contribution in [3.8, 4) is 5.75 Å². The molecule has 2 N–H and O–H groups in total. The third-order valence-electron chi connectivity index (χ3n) is 4.93. The van der Waals surface area contributed by atoms with Crippen molar-refractivity contribution in [2.45, 2.75) is 13.3 Å². The number of amides is 1. The second kappa shape index (κ2) is 7.19. The number of hydrogen-bond donors (Lipinski definition) is 2. The minimum atomic E-state index is -0.270. The van der Waals surface area contributed by atoms with Crippen LogP contribution in [0.15, 0.2) is 66.7 Å². The molecule has 5 heteroatoms. The fourth-order valence-corrected chi connectivity index (χ4v) is 3.26. The van der Waals surface area contributed by atoms with Crippen molar-refractivity contribution in [3.05, 3.63) is 89.1 Å². The number of aryl methyl sites for hydroxylation is 1. The molecule has 0 bridgehead atoms.